The fourth-order valence-corrected chi connectivity index (χ4v) is 9.17. The maximum Gasteiger partial charge on any atom is 0.311 e. The van der Waals surface area contributed by atoms with Gasteiger partial charge in [-0.25, -0.2) is 0 Å². The molecule has 204 valence electrons. The molecule has 0 aliphatic carbocycles. The van der Waals surface area contributed by atoms with Crippen LogP contribution in [0.2, 0.25) is 5.02 Å². The quantitative estimate of drug-likeness (QED) is 0.438. The van der Waals surface area contributed by atoms with Crippen molar-refractivity contribution in [3.05, 3.63) is 53.1 Å². The Morgan fingerprint density at radius 2 is 1.95 bits per heavy atom. The first-order chi connectivity index (χ1) is 18.2. The molecule has 0 radical (unpaired) electrons. The molecule has 0 aromatic heterocycles. The number of aliphatic hydroxyl groups is 1. The summed E-state index contributed by atoms with van der Waals surface area (Å²) in [5.74, 6) is -2.50. The summed E-state index contributed by atoms with van der Waals surface area (Å²) in [6.45, 7) is 6.09. The van der Waals surface area contributed by atoms with E-state index in [1.54, 1.807) is 15.9 Å². The Kier molecular flexibility index (Phi) is 7.44. The van der Waals surface area contributed by atoms with Crippen molar-refractivity contribution in [3.8, 4) is 0 Å². The van der Waals surface area contributed by atoms with Crippen LogP contribution in [0.4, 0.5) is 5.69 Å². The number of cyclic esters (lactones) is 1. The average Bonchev–Trinajstić information content (AvgIpc) is 3.21. The van der Waals surface area contributed by atoms with Crippen molar-refractivity contribution in [1.29, 1.82) is 0 Å². The number of allylic oxidation sites excluding steroid dienone is 1. The first-order valence-corrected chi connectivity index (χ1v) is 14.6. The minimum absolute atomic E-state index is 0.258. The number of hydrogen-bond donors (Lipinski definition) is 1. The highest BCUT2D eigenvalue weighted by atomic mass is 35.5. The Morgan fingerprint density at radius 1 is 1.16 bits per heavy atom. The molecule has 2 fully saturated rings. The molecular formula is C29H35ClN2O5S. The number of hydrogen-bond acceptors (Lipinski definition) is 6. The molecular weight excluding hydrogens is 524 g/mol. The molecule has 7 nitrogen and oxygen atoms in total. The molecule has 9 heteroatoms. The summed E-state index contributed by atoms with van der Waals surface area (Å²) >= 11 is 8.12. The summed E-state index contributed by atoms with van der Waals surface area (Å²) in [5, 5.41) is 10.8. The lowest BCUT2D eigenvalue weighted by molar-refractivity contribution is -0.154. The molecule has 1 spiro atoms. The number of aryl methyl sites for hydroxylation is 1. The minimum atomic E-state index is -1.00. The van der Waals surface area contributed by atoms with E-state index in [9.17, 15) is 19.5 Å². The SMILES string of the molecule is CC[C@@H](CO)N1C(=O)[C@@H]2[C@H]3C(=O)OCCCC/C=C\[C@@]3(C)S[C@@]23C=CCN(c2c(C)cccc2Cl)C(=O)C13. The van der Waals surface area contributed by atoms with Crippen LogP contribution < -0.4 is 4.90 Å². The van der Waals surface area contributed by atoms with Crippen molar-refractivity contribution in [1.82, 2.24) is 4.90 Å². The molecule has 1 N–H and O–H groups in total. The highest BCUT2D eigenvalue weighted by molar-refractivity contribution is 8.02. The molecule has 1 unspecified atom stereocenters. The summed E-state index contributed by atoms with van der Waals surface area (Å²) < 4.78 is 3.98. The van der Waals surface area contributed by atoms with Crippen LogP contribution >= 0.6 is 23.4 Å². The molecule has 4 aliphatic heterocycles. The Hall–Kier alpha value is -2.29. The predicted octanol–water partition coefficient (Wildman–Crippen LogP) is 4.29. The third-order valence-electron chi connectivity index (χ3n) is 8.47. The predicted molar refractivity (Wildman–Crippen MR) is 149 cm³/mol. The van der Waals surface area contributed by atoms with Gasteiger partial charge in [-0.3, -0.25) is 14.4 Å². The third-order valence-corrected chi connectivity index (χ3v) is 10.6. The molecule has 2 amide bonds. The van der Waals surface area contributed by atoms with Crippen molar-refractivity contribution in [2.24, 2.45) is 11.8 Å². The van der Waals surface area contributed by atoms with Crippen molar-refractivity contribution in [3.63, 3.8) is 0 Å². The van der Waals surface area contributed by atoms with Crippen LogP contribution in [-0.2, 0) is 19.1 Å². The van der Waals surface area contributed by atoms with E-state index in [1.807, 2.05) is 51.1 Å². The number of rotatable bonds is 4. The second-order valence-corrected chi connectivity index (χ2v) is 13.0. The average molecular weight is 559 g/mol. The van der Waals surface area contributed by atoms with Gasteiger partial charge in [-0.15, -0.1) is 11.8 Å². The van der Waals surface area contributed by atoms with Crippen LogP contribution in [0.3, 0.4) is 0 Å². The molecule has 2 saturated heterocycles. The Labute approximate surface area is 233 Å². The van der Waals surface area contributed by atoms with Crippen LogP contribution in [0.15, 0.2) is 42.5 Å². The van der Waals surface area contributed by atoms with E-state index in [2.05, 4.69) is 6.08 Å². The van der Waals surface area contributed by atoms with Crippen LogP contribution in [0.5, 0.6) is 0 Å². The maximum atomic E-state index is 14.6. The summed E-state index contributed by atoms with van der Waals surface area (Å²) in [6.07, 6.45) is 11.0. The number of carbonyl (C=O) groups is 3. The number of benzene rings is 1. The summed E-state index contributed by atoms with van der Waals surface area (Å²) in [5.41, 5.74) is 1.46. The molecule has 4 heterocycles. The lowest BCUT2D eigenvalue weighted by atomic mass is 9.74. The van der Waals surface area contributed by atoms with Gasteiger partial charge in [0, 0.05) is 11.3 Å². The Bertz CT molecular complexity index is 1180. The lowest BCUT2D eigenvalue weighted by Crippen LogP contribution is -2.57. The molecule has 4 aliphatic rings. The minimum Gasteiger partial charge on any atom is -0.465 e. The van der Waals surface area contributed by atoms with Gasteiger partial charge < -0.3 is 19.6 Å². The number of halogens is 1. The van der Waals surface area contributed by atoms with Gasteiger partial charge in [0.2, 0.25) is 5.91 Å². The summed E-state index contributed by atoms with van der Waals surface area (Å²) in [4.78, 5) is 45.8. The molecule has 0 bridgehead atoms. The van der Waals surface area contributed by atoms with Crippen LogP contribution in [-0.4, -0.2) is 69.1 Å². The van der Waals surface area contributed by atoms with Gasteiger partial charge in [-0.1, -0.05) is 55.0 Å². The Balaban J connectivity index is 1.69. The van der Waals surface area contributed by atoms with Gasteiger partial charge in [0.15, 0.2) is 0 Å². The standard InChI is InChI=1S/C29H35ClN2O5S/c1-4-19(17-33)32-24-26(35)31(23-18(2)11-9-12-20(23)30)15-10-14-29(24)21(25(32)34)22-27(36)37-16-8-6-5-7-13-28(22,3)38-29/h7,9-14,19,21-22,24,33H,4-6,8,15-17H2,1-3H3/b13-7-/t19-,21-,22-,24?,28+,29-/m0/s1. The number of thioether (sulfide) groups is 1. The monoisotopic (exact) mass is 558 g/mol. The van der Waals surface area contributed by atoms with E-state index in [-0.39, 0.29) is 25.0 Å². The number of anilines is 1. The number of nitrogens with zero attached hydrogens (tertiary/aromatic N) is 2. The second-order valence-electron chi connectivity index (χ2n) is 10.8. The highest BCUT2D eigenvalue weighted by Gasteiger charge is 2.74. The smallest absolute Gasteiger partial charge is 0.311 e. The molecule has 5 rings (SSSR count). The number of aliphatic hydroxyl groups excluding tert-OH is 1. The normalized spacial score (nSPS) is 34.8. The number of para-hydroxylation sites is 1. The van der Waals surface area contributed by atoms with E-state index in [1.165, 1.54) is 11.8 Å². The summed E-state index contributed by atoms with van der Waals surface area (Å²) in [6, 6.07) is 4.03. The fourth-order valence-electron chi connectivity index (χ4n) is 6.71. The zero-order valence-electron chi connectivity index (χ0n) is 22.1. The number of ether oxygens (including phenoxy) is 1. The van der Waals surface area contributed by atoms with Crippen molar-refractivity contribution in [2.75, 3.05) is 24.7 Å². The summed E-state index contributed by atoms with van der Waals surface area (Å²) in [7, 11) is 0. The molecule has 0 saturated carbocycles. The Morgan fingerprint density at radius 3 is 2.66 bits per heavy atom. The van der Waals surface area contributed by atoms with Gasteiger partial charge in [0.1, 0.15) is 6.04 Å². The molecule has 1 aromatic rings. The lowest BCUT2D eigenvalue weighted by Gasteiger charge is -2.39. The zero-order valence-corrected chi connectivity index (χ0v) is 23.6. The van der Waals surface area contributed by atoms with Gasteiger partial charge in [-0.05, 0) is 51.2 Å². The van der Waals surface area contributed by atoms with E-state index in [0.717, 1.165) is 24.8 Å². The van der Waals surface area contributed by atoms with Crippen molar-refractivity contribution in [2.45, 2.75) is 68.0 Å². The van der Waals surface area contributed by atoms with Gasteiger partial charge in [-0.2, -0.15) is 0 Å². The number of carbonyl (C=O) groups excluding carboxylic acids is 3. The molecule has 6 atom stereocenters. The molecule has 38 heavy (non-hydrogen) atoms. The van der Waals surface area contributed by atoms with Crippen LogP contribution in [0.1, 0.15) is 45.1 Å². The third kappa shape index (κ3) is 4.11. The number of likely N-dealkylation sites (tertiary alicyclic amines) is 1. The number of fused-ring (bicyclic) bond motifs is 2. The largest absolute Gasteiger partial charge is 0.465 e. The maximum absolute atomic E-state index is 14.6. The van der Waals surface area contributed by atoms with E-state index < -0.39 is 39.4 Å². The second kappa shape index (κ2) is 10.4. The zero-order chi connectivity index (χ0) is 27.2. The van der Waals surface area contributed by atoms with Crippen molar-refractivity contribution >= 4 is 46.8 Å². The first-order valence-electron chi connectivity index (χ1n) is 13.4. The van der Waals surface area contributed by atoms with Crippen LogP contribution in [0.25, 0.3) is 0 Å². The van der Waals surface area contributed by atoms with Gasteiger partial charge in [0.25, 0.3) is 5.91 Å². The van der Waals surface area contributed by atoms with E-state index in [4.69, 9.17) is 16.3 Å². The number of amides is 2. The van der Waals surface area contributed by atoms with Crippen LogP contribution in [0, 0.1) is 18.8 Å². The van der Waals surface area contributed by atoms with Gasteiger partial charge in [0.05, 0.1) is 46.5 Å². The number of esters is 1. The first kappa shape index (κ1) is 27.3. The fraction of sp³-hybridized carbons (Fsp3) is 0.552. The van der Waals surface area contributed by atoms with E-state index >= 15 is 0 Å². The molecule has 1 aromatic carbocycles. The highest BCUT2D eigenvalue weighted by Crippen LogP contribution is 2.65. The topological polar surface area (TPSA) is 87.2 Å². The van der Waals surface area contributed by atoms with Gasteiger partial charge >= 0.3 is 5.97 Å². The van der Waals surface area contributed by atoms with E-state index in [0.29, 0.717) is 23.7 Å². The van der Waals surface area contributed by atoms with Crippen molar-refractivity contribution < 1.29 is 24.2 Å².